The van der Waals surface area contributed by atoms with E-state index in [0.717, 1.165) is 38.5 Å². The van der Waals surface area contributed by atoms with E-state index in [1.807, 2.05) is 6.92 Å². The fourth-order valence-corrected chi connectivity index (χ4v) is 4.18. The first-order valence-corrected chi connectivity index (χ1v) is 6.91. The number of fused-ring (bicyclic) bond motifs is 1. The van der Waals surface area contributed by atoms with Crippen molar-refractivity contribution in [3.8, 4) is 0 Å². The first kappa shape index (κ1) is 13.6. The molecule has 0 aliphatic heterocycles. The van der Waals surface area contributed by atoms with E-state index in [0.29, 0.717) is 5.57 Å². The number of carboxylic acids is 1. The lowest BCUT2D eigenvalue weighted by Gasteiger charge is -2.54. The summed E-state index contributed by atoms with van der Waals surface area (Å²) < 4.78 is 0. The monoisotopic (exact) mass is 252 g/mol. The van der Waals surface area contributed by atoms with E-state index < -0.39 is 11.6 Å². The molecule has 3 nitrogen and oxygen atoms in total. The minimum atomic E-state index is -0.890. The number of carboxylic acid groups (broad SMARTS) is 1. The molecule has 0 bridgehead atoms. The Hall–Kier alpha value is -0.830. The Morgan fingerprint density at radius 3 is 2.56 bits per heavy atom. The minimum Gasteiger partial charge on any atom is -0.478 e. The zero-order chi connectivity index (χ0) is 13.6. The van der Waals surface area contributed by atoms with Crippen molar-refractivity contribution >= 4 is 5.97 Å². The first-order valence-electron chi connectivity index (χ1n) is 6.91. The van der Waals surface area contributed by atoms with Gasteiger partial charge in [-0.1, -0.05) is 19.9 Å². The summed E-state index contributed by atoms with van der Waals surface area (Å²) in [5, 5.41) is 19.7. The van der Waals surface area contributed by atoms with Gasteiger partial charge in [0.25, 0.3) is 0 Å². The van der Waals surface area contributed by atoms with Crippen LogP contribution in [0.15, 0.2) is 12.2 Å². The van der Waals surface area contributed by atoms with E-state index in [9.17, 15) is 9.90 Å². The van der Waals surface area contributed by atoms with Crippen molar-refractivity contribution in [3.05, 3.63) is 12.2 Å². The highest BCUT2D eigenvalue weighted by molar-refractivity contribution is 5.86. The summed E-state index contributed by atoms with van der Waals surface area (Å²) in [7, 11) is 0. The van der Waals surface area contributed by atoms with Crippen LogP contribution in [-0.2, 0) is 4.79 Å². The smallest absolute Gasteiger partial charge is 0.331 e. The maximum atomic E-state index is 11.0. The fraction of sp³-hybridized carbons (Fsp3) is 0.800. The molecule has 0 amide bonds. The lowest BCUT2D eigenvalue weighted by molar-refractivity contribution is -0.137. The number of carbonyl (C=O) groups is 1. The molecule has 0 aromatic heterocycles. The molecule has 0 spiro atoms. The maximum Gasteiger partial charge on any atom is 0.331 e. The summed E-state index contributed by atoms with van der Waals surface area (Å²) >= 11 is 0. The van der Waals surface area contributed by atoms with Gasteiger partial charge in [-0.15, -0.1) is 0 Å². The van der Waals surface area contributed by atoms with Crippen LogP contribution in [0.3, 0.4) is 0 Å². The van der Waals surface area contributed by atoms with Crippen LogP contribution in [-0.4, -0.2) is 21.8 Å². The molecular formula is C15H24O3. The Balaban J connectivity index is 2.19. The van der Waals surface area contributed by atoms with Crippen LogP contribution >= 0.6 is 0 Å². The predicted octanol–water partition coefficient (Wildman–Crippen LogP) is 2.98. The lowest BCUT2D eigenvalue weighted by atomic mass is 9.53. The van der Waals surface area contributed by atoms with Crippen molar-refractivity contribution in [3.63, 3.8) is 0 Å². The van der Waals surface area contributed by atoms with Crippen LogP contribution in [0.5, 0.6) is 0 Å². The van der Waals surface area contributed by atoms with Gasteiger partial charge in [-0.2, -0.15) is 0 Å². The Morgan fingerprint density at radius 1 is 1.28 bits per heavy atom. The predicted molar refractivity (Wildman–Crippen MR) is 70.2 cm³/mol. The molecule has 2 saturated carbocycles. The normalized spacial score (nSPS) is 44.2. The second-order valence-corrected chi connectivity index (χ2v) is 6.72. The van der Waals surface area contributed by atoms with Gasteiger partial charge in [-0.25, -0.2) is 4.79 Å². The van der Waals surface area contributed by atoms with Gasteiger partial charge in [0.1, 0.15) is 0 Å². The molecule has 1 unspecified atom stereocenters. The highest BCUT2D eigenvalue weighted by Gasteiger charge is 2.51. The number of aliphatic hydroxyl groups is 1. The van der Waals surface area contributed by atoms with Gasteiger partial charge in [-0.3, -0.25) is 0 Å². The average molecular weight is 252 g/mol. The van der Waals surface area contributed by atoms with E-state index in [4.69, 9.17) is 5.11 Å². The number of aliphatic carboxylic acids is 1. The largest absolute Gasteiger partial charge is 0.478 e. The second kappa shape index (κ2) is 4.37. The van der Waals surface area contributed by atoms with Gasteiger partial charge < -0.3 is 10.2 Å². The number of hydrogen-bond donors (Lipinski definition) is 2. The molecule has 4 atom stereocenters. The van der Waals surface area contributed by atoms with Crippen molar-refractivity contribution in [2.75, 3.05) is 0 Å². The van der Waals surface area contributed by atoms with Crippen LogP contribution in [0.1, 0.15) is 52.4 Å². The minimum absolute atomic E-state index is 0.0325. The lowest BCUT2D eigenvalue weighted by Crippen LogP contribution is -2.51. The van der Waals surface area contributed by atoms with Gasteiger partial charge >= 0.3 is 5.97 Å². The summed E-state index contributed by atoms with van der Waals surface area (Å²) in [6.07, 6.45) is 5.73. The second-order valence-electron chi connectivity index (χ2n) is 6.72. The third kappa shape index (κ3) is 2.20. The Morgan fingerprint density at radius 2 is 1.94 bits per heavy atom. The highest BCUT2D eigenvalue weighted by Crippen LogP contribution is 2.56. The van der Waals surface area contributed by atoms with Gasteiger partial charge in [0.2, 0.25) is 0 Å². The molecule has 2 aliphatic carbocycles. The molecule has 2 N–H and O–H groups in total. The summed E-state index contributed by atoms with van der Waals surface area (Å²) in [4.78, 5) is 11.0. The number of rotatable bonds is 2. The van der Waals surface area contributed by atoms with Gasteiger partial charge in [-0.05, 0) is 56.3 Å². The average Bonchev–Trinajstić information content (AvgIpc) is 2.27. The molecule has 2 fully saturated rings. The third-order valence-electron chi connectivity index (χ3n) is 5.37. The number of hydrogen-bond acceptors (Lipinski definition) is 2. The Kier molecular flexibility index (Phi) is 3.30. The molecule has 0 aromatic carbocycles. The molecule has 2 rings (SSSR count). The SMILES string of the molecule is C=C(C(=O)O)[C@@H]1CC[C@@]2(C)CCC[C@@](C)(O)C2C1. The van der Waals surface area contributed by atoms with E-state index in [1.54, 1.807) is 0 Å². The van der Waals surface area contributed by atoms with Crippen LogP contribution in [0.4, 0.5) is 0 Å². The van der Waals surface area contributed by atoms with Crippen molar-refractivity contribution in [2.45, 2.75) is 58.0 Å². The van der Waals surface area contributed by atoms with Gasteiger partial charge in [0.15, 0.2) is 0 Å². The Labute approximate surface area is 109 Å². The van der Waals surface area contributed by atoms with E-state index >= 15 is 0 Å². The highest BCUT2D eigenvalue weighted by atomic mass is 16.4. The van der Waals surface area contributed by atoms with Crippen molar-refractivity contribution in [1.29, 1.82) is 0 Å². The molecular weight excluding hydrogens is 228 g/mol. The molecule has 0 radical (unpaired) electrons. The van der Waals surface area contributed by atoms with E-state index in [-0.39, 0.29) is 17.3 Å². The maximum absolute atomic E-state index is 11.0. The van der Waals surface area contributed by atoms with E-state index in [1.165, 1.54) is 0 Å². The zero-order valence-corrected chi connectivity index (χ0v) is 11.4. The molecule has 3 heteroatoms. The van der Waals surface area contributed by atoms with Crippen LogP contribution in [0.25, 0.3) is 0 Å². The molecule has 18 heavy (non-hydrogen) atoms. The quantitative estimate of drug-likeness (QED) is 0.743. The zero-order valence-electron chi connectivity index (χ0n) is 11.4. The molecule has 0 aromatic rings. The first-order chi connectivity index (χ1) is 8.26. The fourth-order valence-electron chi connectivity index (χ4n) is 4.18. The molecule has 2 aliphatic rings. The third-order valence-corrected chi connectivity index (χ3v) is 5.37. The van der Waals surface area contributed by atoms with Gasteiger partial charge in [0.05, 0.1) is 5.60 Å². The van der Waals surface area contributed by atoms with Crippen molar-refractivity contribution in [1.82, 2.24) is 0 Å². The van der Waals surface area contributed by atoms with Crippen LogP contribution in [0, 0.1) is 17.3 Å². The molecule has 0 saturated heterocycles. The van der Waals surface area contributed by atoms with Crippen molar-refractivity contribution in [2.24, 2.45) is 17.3 Å². The summed E-state index contributed by atoms with van der Waals surface area (Å²) in [5.41, 5.74) is -0.153. The summed E-state index contributed by atoms with van der Waals surface area (Å²) in [5.74, 6) is -0.655. The standard InChI is InChI=1S/C15H24O3/c1-10(13(16)17)11-5-8-14(2)6-4-7-15(3,18)12(14)9-11/h11-12,18H,1,4-9H2,2-3H3,(H,16,17)/t11-,12?,14-,15-/m1/s1. The van der Waals surface area contributed by atoms with Crippen LogP contribution in [0.2, 0.25) is 0 Å². The topological polar surface area (TPSA) is 57.5 Å². The molecule has 0 heterocycles. The van der Waals surface area contributed by atoms with E-state index in [2.05, 4.69) is 13.5 Å². The van der Waals surface area contributed by atoms with Gasteiger partial charge in [0, 0.05) is 5.57 Å². The summed E-state index contributed by atoms with van der Waals surface area (Å²) in [6.45, 7) is 7.88. The molecule has 102 valence electrons. The summed E-state index contributed by atoms with van der Waals surface area (Å²) in [6, 6.07) is 0. The van der Waals surface area contributed by atoms with Crippen LogP contribution < -0.4 is 0 Å². The van der Waals surface area contributed by atoms with Crippen molar-refractivity contribution < 1.29 is 15.0 Å². The Bertz CT molecular complexity index is 372.